The van der Waals surface area contributed by atoms with Crippen molar-refractivity contribution in [2.75, 3.05) is 19.1 Å². The van der Waals surface area contributed by atoms with Crippen molar-refractivity contribution in [2.24, 2.45) is 0 Å². The second-order valence-corrected chi connectivity index (χ2v) is 9.09. The van der Waals surface area contributed by atoms with Gasteiger partial charge in [-0.3, -0.25) is 4.90 Å². The van der Waals surface area contributed by atoms with Crippen LogP contribution in [0.1, 0.15) is 71.1 Å². The van der Waals surface area contributed by atoms with E-state index in [1.807, 2.05) is 0 Å². The summed E-state index contributed by atoms with van der Waals surface area (Å²) in [6, 6.07) is 0. The lowest BCUT2D eigenvalue weighted by molar-refractivity contribution is -0.318. The first-order valence-corrected chi connectivity index (χ1v) is 11.8. The summed E-state index contributed by atoms with van der Waals surface area (Å²) in [4.78, 5) is 43.9. The van der Waals surface area contributed by atoms with Crippen molar-refractivity contribution in [3.8, 4) is 0 Å². The Balaban J connectivity index is -0.00000242. The van der Waals surface area contributed by atoms with E-state index in [2.05, 4.69) is 6.92 Å². The molecule has 0 aliphatic carbocycles. The third-order valence-electron chi connectivity index (χ3n) is 3.57. The first kappa shape index (κ1) is 29.9. The van der Waals surface area contributed by atoms with Gasteiger partial charge in [0.05, 0.1) is 0 Å². The molecule has 25 heavy (non-hydrogen) atoms. The van der Waals surface area contributed by atoms with Crippen molar-refractivity contribution in [3.63, 3.8) is 0 Å². The Morgan fingerprint density at radius 1 is 0.640 bits per heavy atom. The molecule has 9 nitrogen and oxygen atoms in total. The Hall–Kier alpha value is 0.180. The van der Waals surface area contributed by atoms with Crippen LogP contribution in [0.2, 0.25) is 0 Å². The minimum absolute atomic E-state index is 0. The maximum atomic E-state index is 10.7. The van der Waals surface area contributed by atoms with Crippen molar-refractivity contribution in [3.05, 3.63) is 0 Å². The largest absolute Gasteiger partial charge is 0.810 e. The summed E-state index contributed by atoms with van der Waals surface area (Å²) >= 11 is 0. The van der Waals surface area contributed by atoms with Gasteiger partial charge in [-0.2, -0.15) is 0 Å². The number of quaternary nitrogens is 2. The van der Waals surface area contributed by atoms with Gasteiger partial charge in [-0.15, -0.1) is 0 Å². The van der Waals surface area contributed by atoms with Gasteiger partial charge in [0.15, 0.2) is 0 Å². The summed E-state index contributed by atoms with van der Waals surface area (Å²) in [5.41, 5.74) is 0. The molecule has 156 valence electrons. The highest BCUT2D eigenvalue weighted by Crippen LogP contribution is 2.30. The Bertz CT molecular complexity index is 365. The zero-order chi connectivity index (χ0) is 17.8. The Morgan fingerprint density at radius 2 is 0.960 bits per heavy atom. The van der Waals surface area contributed by atoms with E-state index >= 15 is 0 Å². The van der Waals surface area contributed by atoms with Gasteiger partial charge in [-0.1, -0.05) is 79.9 Å². The fourth-order valence-corrected chi connectivity index (χ4v) is 4.12. The molecule has 0 fully saturated rings. The van der Waals surface area contributed by atoms with E-state index in [4.69, 9.17) is 0 Å². The third-order valence-corrected chi connectivity index (χ3v) is 5.07. The van der Waals surface area contributed by atoms with Crippen LogP contribution in [0.4, 0.5) is 0 Å². The van der Waals surface area contributed by atoms with Crippen molar-refractivity contribution in [1.29, 1.82) is 0 Å². The van der Waals surface area contributed by atoms with Gasteiger partial charge in [0.2, 0.25) is 0 Å². The molecule has 0 saturated carbocycles. The molecule has 0 rings (SSSR count). The molecule has 0 aromatic heterocycles. The number of nitrogens with zero attached hydrogens (tertiary/aromatic N) is 1. The summed E-state index contributed by atoms with van der Waals surface area (Å²) in [6.45, 7) is 2.32. The molecule has 0 aliphatic rings. The van der Waals surface area contributed by atoms with Crippen LogP contribution in [0, 0.1) is 0 Å². The number of unbranched alkanes of at least 4 members (excludes halogenated alkanes) is 9. The summed E-state index contributed by atoms with van der Waals surface area (Å²) in [7, 11) is -9.72. The standard InChI is InChI=1S/C14H33NO6P2.2H3N/c1-2-3-4-5-6-7-8-9-10-11-12-15(13-22(16,17)18)14-23(19,20)21;;/h2-14H2,1H3,(H2,16,17,18)(H2,19,20,21);2*1H3/p-2. The Labute approximate surface area is 152 Å². The van der Waals surface area contributed by atoms with E-state index in [-0.39, 0.29) is 18.8 Å². The van der Waals surface area contributed by atoms with Crippen LogP contribution in [-0.4, -0.2) is 24.0 Å². The van der Waals surface area contributed by atoms with Gasteiger partial charge in [0, 0.05) is 12.6 Å². The van der Waals surface area contributed by atoms with Crippen molar-refractivity contribution < 1.29 is 28.7 Å². The normalized spacial score (nSPS) is 11.9. The summed E-state index contributed by atoms with van der Waals surface area (Å²) < 4.78 is 21.5. The quantitative estimate of drug-likeness (QED) is 0.304. The predicted molar refractivity (Wildman–Crippen MR) is 95.5 cm³/mol. The van der Waals surface area contributed by atoms with E-state index in [1.165, 1.54) is 38.5 Å². The molecule has 0 spiro atoms. The van der Waals surface area contributed by atoms with Crippen molar-refractivity contribution in [2.45, 2.75) is 71.1 Å². The molecule has 11 heteroatoms. The maximum absolute atomic E-state index is 10.7. The van der Waals surface area contributed by atoms with Crippen LogP contribution < -0.4 is 31.9 Å². The van der Waals surface area contributed by atoms with Crippen molar-refractivity contribution >= 4 is 15.2 Å². The highest BCUT2D eigenvalue weighted by molar-refractivity contribution is 7.49. The number of rotatable bonds is 15. The molecule has 0 unspecified atom stereocenters. The maximum Gasteiger partial charge on any atom is 0.0264 e. The van der Waals surface area contributed by atoms with E-state index in [0.29, 0.717) is 6.42 Å². The van der Waals surface area contributed by atoms with Gasteiger partial charge in [-0.25, -0.2) is 0 Å². The zero-order valence-corrected chi connectivity index (χ0v) is 17.8. The third kappa shape index (κ3) is 24.2. The molecule has 0 aromatic rings. The fourth-order valence-electron chi connectivity index (χ4n) is 2.50. The van der Waals surface area contributed by atoms with E-state index in [1.54, 1.807) is 0 Å². The summed E-state index contributed by atoms with van der Waals surface area (Å²) in [6.07, 6.45) is 9.11. The average Bonchev–Trinajstić information content (AvgIpc) is 2.37. The molecule has 0 saturated heterocycles. The lowest BCUT2D eigenvalue weighted by Gasteiger charge is -2.41. The SMILES string of the molecule is CCCCCCCCCCCCN(CP(=O)([O-])[O-])CP(=O)([O-])[O-].[NH4+].[NH4+]. The van der Waals surface area contributed by atoms with Gasteiger partial charge < -0.3 is 41.0 Å². The molecular weight excluding hydrogens is 368 g/mol. The molecule has 0 heterocycles. The van der Waals surface area contributed by atoms with Crippen LogP contribution in [0.25, 0.3) is 0 Å². The number of hydrogen-bond donors (Lipinski definition) is 2. The van der Waals surface area contributed by atoms with E-state index in [0.717, 1.165) is 24.2 Å². The monoisotopic (exact) mass is 405 g/mol. The van der Waals surface area contributed by atoms with Gasteiger partial charge >= 0.3 is 0 Å². The van der Waals surface area contributed by atoms with Crippen LogP contribution in [0.5, 0.6) is 0 Å². The van der Waals surface area contributed by atoms with Crippen LogP contribution in [0.3, 0.4) is 0 Å². The van der Waals surface area contributed by atoms with E-state index < -0.39 is 27.8 Å². The topological polar surface area (TPSA) is 203 Å². The van der Waals surface area contributed by atoms with Gasteiger partial charge in [0.25, 0.3) is 0 Å². The Morgan fingerprint density at radius 3 is 1.28 bits per heavy atom. The lowest BCUT2D eigenvalue weighted by Crippen LogP contribution is -2.36. The minimum atomic E-state index is -4.86. The molecule has 0 aliphatic heterocycles. The first-order valence-electron chi connectivity index (χ1n) is 8.38. The van der Waals surface area contributed by atoms with Crippen LogP contribution in [-0.2, 0) is 9.13 Å². The van der Waals surface area contributed by atoms with Gasteiger partial charge in [0.1, 0.15) is 0 Å². The zero-order valence-electron chi connectivity index (χ0n) is 16.0. The molecule has 8 N–H and O–H groups in total. The highest BCUT2D eigenvalue weighted by atomic mass is 31.2. The molecule has 0 aromatic carbocycles. The predicted octanol–water partition coefficient (Wildman–Crippen LogP) is 1.70. The lowest BCUT2D eigenvalue weighted by atomic mass is 10.1. The summed E-state index contributed by atoms with van der Waals surface area (Å²) in [5.74, 6) is 0. The Kier molecular flexibility index (Phi) is 19.6. The minimum Gasteiger partial charge on any atom is -0.810 e. The van der Waals surface area contributed by atoms with E-state index in [9.17, 15) is 28.7 Å². The molecule has 0 radical (unpaired) electrons. The second-order valence-electron chi connectivity index (χ2n) is 6.08. The number of hydrogen-bond acceptors (Lipinski definition) is 7. The highest BCUT2D eigenvalue weighted by Gasteiger charge is 2.08. The van der Waals surface area contributed by atoms with Crippen molar-refractivity contribution in [1.82, 2.24) is 17.2 Å². The fraction of sp³-hybridized carbons (Fsp3) is 1.00. The summed E-state index contributed by atoms with van der Waals surface area (Å²) in [5, 5.41) is 0. The van der Waals surface area contributed by atoms with Crippen LogP contribution >= 0.6 is 15.2 Å². The second kappa shape index (κ2) is 16.4. The molecule has 0 bridgehead atoms. The molecular formula is C14H37N3O6P2-2. The smallest absolute Gasteiger partial charge is 0.0264 e. The van der Waals surface area contributed by atoms with Crippen LogP contribution in [0.15, 0.2) is 0 Å². The molecule has 0 atom stereocenters. The average molecular weight is 405 g/mol. The molecule has 0 amide bonds. The first-order chi connectivity index (χ1) is 10.6. The van der Waals surface area contributed by atoms with Gasteiger partial charge in [-0.05, 0) is 13.0 Å².